The predicted molar refractivity (Wildman–Crippen MR) is 109 cm³/mol. The number of carbonyl (C=O) groups excluding carboxylic acids is 2. The molecular weight excluding hydrogens is 368 g/mol. The maximum absolute atomic E-state index is 12.5. The average Bonchev–Trinajstić information content (AvgIpc) is 3.41. The number of ether oxygens (including phenoxy) is 1. The highest BCUT2D eigenvalue weighted by molar-refractivity contribution is 6.04. The van der Waals surface area contributed by atoms with E-state index in [1.165, 1.54) is 0 Å². The number of nitrogens with one attached hydrogen (secondary N) is 2. The Labute approximate surface area is 168 Å². The van der Waals surface area contributed by atoms with Gasteiger partial charge in [0.1, 0.15) is 5.52 Å². The molecular formula is C22H24N4O3. The van der Waals surface area contributed by atoms with Crippen LogP contribution in [-0.2, 0) is 14.9 Å². The van der Waals surface area contributed by atoms with Crippen molar-refractivity contribution >= 4 is 23.0 Å². The van der Waals surface area contributed by atoms with Crippen LogP contribution in [0, 0.1) is 0 Å². The second-order valence-electron chi connectivity index (χ2n) is 7.67. The molecule has 0 atom stereocenters. The van der Waals surface area contributed by atoms with Crippen LogP contribution in [0.25, 0.3) is 22.4 Å². The highest BCUT2D eigenvalue weighted by Crippen LogP contribution is 2.49. The number of aromatic nitrogens is 3. The number of rotatable bonds is 6. The minimum Gasteiger partial charge on any atom is -0.465 e. The van der Waals surface area contributed by atoms with Crippen molar-refractivity contribution in [1.29, 1.82) is 0 Å². The molecule has 150 valence electrons. The molecule has 3 aromatic rings. The molecule has 4 rings (SSSR count). The number of hydrogen-bond acceptors (Lipinski definition) is 5. The van der Waals surface area contributed by atoms with Gasteiger partial charge in [0.05, 0.1) is 29.5 Å². The number of aromatic amines is 1. The van der Waals surface area contributed by atoms with E-state index in [0.29, 0.717) is 29.0 Å². The monoisotopic (exact) mass is 392 g/mol. The van der Waals surface area contributed by atoms with Gasteiger partial charge in [-0.15, -0.1) is 0 Å². The zero-order valence-electron chi connectivity index (χ0n) is 16.8. The second kappa shape index (κ2) is 7.31. The third kappa shape index (κ3) is 3.48. The third-order valence-electron chi connectivity index (χ3n) is 5.17. The Morgan fingerprint density at radius 3 is 2.79 bits per heavy atom. The molecule has 0 bridgehead atoms. The van der Waals surface area contributed by atoms with Crippen LogP contribution in [0.5, 0.6) is 0 Å². The molecule has 1 aromatic carbocycles. The number of esters is 1. The van der Waals surface area contributed by atoms with Crippen molar-refractivity contribution in [2.75, 3.05) is 6.61 Å². The maximum atomic E-state index is 12.5. The van der Waals surface area contributed by atoms with E-state index in [0.717, 1.165) is 24.0 Å². The quantitative estimate of drug-likeness (QED) is 0.627. The highest BCUT2D eigenvalue weighted by Gasteiger charge is 2.52. The Bertz CT molecular complexity index is 1080. The van der Waals surface area contributed by atoms with Crippen molar-refractivity contribution in [2.24, 2.45) is 0 Å². The molecule has 29 heavy (non-hydrogen) atoms. The lowest BCUT2D eigenvalue weighted by molar-refractivity contribution is -0.146. The normalized spacial score (nSPS) is 14.8. The van der Waals surface area contributed by atoms with Gasteiger partial charge in [-0.3, -0.25) is 9.59 Å². The first-order valence-corrected chi connectivity index (χ1v) is 9.88. The Morgan fingerprint density at radius 1 is 1.31 bits per heavy atom. The predicted octanol–water partition coefficient (Wildman–Crippen LogP) is 3.36. The molecule has 1 amide bonds. The third-order valence-corrected chi connectivity index (χ3v) is 5.17. The molecule has 0 radical (unpaired) electrons. The van der Waals surface area contributed by atoms with E-state index < -0.39 is 5.41 Å². The standard InChI is InChI=1S/C22H24N4O3/c1-4-29-21(28)22(8-9-22)15-7-5-6-14(10-15)17-12-24-19-18(26-17)16(11-23-19)20(27)25-13(2)3/h5-7,10-13H,4,8-9H2,1-3H3,(H,23,24)(H,25,27). The lowest BCUT2D eigenvalue weighted by Gasteiger charge is -2.15. The van der Waals surface area contributed by atoms with Gasteiger partial charge in [-0.2, -0.15) is 0 Å². The minimum absolute atomic E-state index is 0.0258. The molecule has 1 saturated carbocycles. The molecule has 0 unspecified atom stereocenters. The van der Waals surface area contributed by atoms with Crippen LogP contribution in [0.4, 0.5) is 0 Å². The van der Waals surface area contributed by atoms with E-state index >= 15 is 0 Å². The van der Waals surface area contributed by atoms with Gasteiger partial charge in [0.15, 0.2) is 5.65 Å². The van der Waals surface area contributed by atoms with Crippen LogP contribution < -0.4 is 5.32 Å². The van der Waals surface area contributed by atoms with Gasteiger partial charge in [0, 0.05) is 17.8 Å². The highest BCUT2D eigenvalue weighted by atomic mass is 16.5. The van der Waals surface area contributed by atoms with Crippen LogP contribution in [0.3, 0.4) is 0 Å². The number of fused-ring (bicyclic) bond motifs is 1. The van der Waals surface area contributed by atoms with E-state index in [9.17, 15) is 9.59 Å². The number of H-pyrrole nitrogens is 1. The summed E-state index contributed by atoms with van der Waals surface area (Å²) in [6.45, 7) is 6.01. The molecule has 2 N–H and O–H groups in total. The van der Waals surface area contributed by atoms with Crippen molar-refractivity contribution in [2.45, 2.75) is 45.1 Å². The Morgan fingerprint density at radius 2 is 2.10 bits per heavy atom. The first kappa shape index (κ1) is 19.1. The van der Waals surface area contributed by atoms with Crippen LogP contribution in [0.2, 0.25) is 0 Å². The Balaban J connectivity index is 1.70. The largest absolute Gasteiger partial charge is 0.465 e. The molecule has 7 heteroatoms. The average molecular weight is 392 g/mol. The molecule has 2 heterocycles. The van der Waals surface area contributed by atoms with Crippen molar-refractivity contribution in [3.05, 3.63) is 47.8 Å². The summed E-state index contributed by atoms with van der Waals surface area (Å²) in [5, 5.41) is 2.88. The molecule has 1 fully saturated rings. The first-order valence-electron chi connectivity index (χ1n) is 9.88. The molecule has 0 spiro atoms. The van der Waals surface area contributed by atoms with Crippen LogP contribution in [0.15, 0.2) is 36.7 Å². The second-order valence-corrected chi connectivity index (χ2v) is 7.67. The molecule has 0 aliphatic heterocycles. The van der Waals surface area contributed by atoms with Gasteiger partial charge < -0.3 is 15.0 Å². The van der Waals surface area contributed by atoms with Gasteiger partial charge in [-0.25, -0.2) is 9.97 Å². The van der Waals surface area contributed by atoms with Crippen LogP contribution in [0.1, 0.15) is 49.5 Å². The SMILES string of the molecule is CCOC(=O)C1(c2cccc(-c3cnc4[nH]cc(C(=O)NC(C)C)c4n3)c2)CC1. The van der Waals surface area contributed by atoms with E-state index in [-0.39, 0.29) is 17.9 Å². The van der Waals surface area contributed by atoms with E-state index in [1.807, 2.05) is 45.0 Å². The van der Waals surface area contributed by atoms with Crippen LogP contribution in [-0.4, -0.2) is 39.5 Å². The Kier molecular flexibility index (Phi) is 4.82. The molecule has 7 nitrogen and oxygen atoms in total. The van der Waals surface area contributed by atoms with Gasteiger partial charge in [-0.1, -0.05) is 18.2 Å². The van der Waals surface area contributed by atoms with E-state index in [1.54, 1.807) is 12.4 Å². The lowest BCUT2D eigenvalue weighted by atomic mass is 9.94. The summed E-state index contributed by atoms with van der Waals surface area (Å²) in [5.41, 5.74) is 3.44. The van der Waals surface area contributed by atoms with Gasteiger partial charge in [0.2, 0.25) is 0 Å². The number of carbonyl (C=O) groups is 2. The first-order chi connectivity index (χ1) is 13.9. The molecule has 1 aliphatic rings. The molecule has 2 aromatic heterocycles. The minimum atomic E-state index is -0.542. The molecule has 0 saturated heterocycles. The summed E-state index contributed by atoms with van der Waals surface area (Å²) >= 11 is 0. The fourth-order valence-electron chi connectivity index (χ4n) is 3.52. The number of benzene rings is 1. The maximum Gasteiger partial charge on any atom is 0.316 e. The van der Waals surface area contributed by atoms with E-state index in [2.05, 4.69) is 20.3 Å². The lowest BCUT2D eigenvalue weighted by Crippen LogP contribution is -2.29. The number of hydrogen-bond donors (Lipinski definition) is 2. The van der Waals surface area contributed by atoms with Crippen molar-refractivity contribution < 1.29 is 14.3 Å². The van der Waals surface area contributed by atoms with Crippen molar-refractivity contribution in [3.63, 3.8) is 0 Å². The van der Waals surface area contributed by atoms with Gasteiger partial charge in [-0.05, 0) is 45.2 Å². The number of amides is 1. The summed E-state index contributed by atoms with van der Waals surface area (Å²) in [4.78, 5) is 37.0. The fraction of sp³-hybridized carbons (Fsp3) is 0.364. The topological polar surface area (TPSA) is 97.0 Å². The number of nitrogens with zero attached hydrogens (tertiary/aromatic N) is 2. The zero-order valence-corrected chi connectivity index (χ0v) is 16.8. The zero-order chi connectivity index (χ0) is 20.6. The Hall–Kier alpha value is -3.22. The van der Waals surface area contributed by atoms with E-state index in [4.69, 9.17) is 4.74 Å². The van der Waals surface area contributed by atoms with Gasteiger partial charge >= 0.3 is 5.97 Å². The van der Waals surface area contributed by atoms with Crippen molar-refractivity contribution in [3.8, 4) is 11.3 Å². The summed E-state index contributed by atoms with van der Waals surface area (Å²) in [5.74, 6) is -0.359. The molecule has 1 aliphatic carbocycles. The summed E-state index contributed by atoms with van der Waals surface area (Å²) < 4.78 is 5.27. The summed E-state index contributed by atoms with van der Waals surface area (Å²) in [6, 6.07) is 7.80. The summed E-state index contributed by atoms with van der Waals surface area (Å²) in [6.07, 6.45) is 4.88. The van der Waals surface area contributed by atoms with Crippen LogP contribution >= 0.6 is 0 Å². The smallest absolute Gasteiger partial charge is 0.316 e. The fourth-order valence-corrected chi connectivity index (χ4v) is 3.52. The van der Waals surface area contributed by atoms with Crippen molar-refractivity contribution in [1.82, 2.24) is 20.3 Å². The van der Waals surface area contributed by atoms with Gasteiger partial charge in [0.25, 0.3) is 5.91 Å². The summed E-state index contributed by atoms with van der Waals surface area (Å²) in [7, 11) is 0.